The van der Waals surface area contributed by atoms with Crippen molar-refractivity contribution in [3.05, 3.63) is 59.7 Å². The van der Waals surface area contributed by atoms with Crippen LogP contribution in [0.1, 0.15) is 24.0 Å². The Morgan fingerprint density at radius 1 is 1.20 bits per heavy atom. The number of amides is 2. The quantitative estimate of drug-likeness (QED) is 0.881. The predicted octanol–water partition coefficient (Wildman–Crippen LogP) is 2.93. The van der Waals surface area contributed by atoms with E-state index in [1.54, 1.807) is 0 Å². The van der Waals surface area contributed by atoms with Gasteiger partial charge in [0, 0.05) is 25.1 Å². The molecule has 0 saturated carbocycles. The van der Waals surface area contributed by atoms with Crippen LogP contribution >= 0.6 is 0 Å². The fraction of sp³-hybridized carbons (Fsp3) is 0.300. The third-order valence-electron chi connectivity index (χ3n) is 4.31. The monoisotopic (exact) mass is 338 g/mol. The molecule has 0 radical (unpaired) electrons. The Hall–Kier alpha value is -2.82. The summed E-state index contributed by atoms with van der Waals surface area (Å²) in [5.41, 5.74) is 2.09. The minimum absolute atomic E-state index is 0.0147. The van der Waals surface area contributed by atoms with Crippen molar-refractivity contribution in [2.24, 2.45) is 5.92 Å². The number of benzene rings is 2. The molecule has 2 N–H and O–H groups in total. The number of carbonyl (C=O) groups is 2. The number of hydrogen-bond acceptors (Lipinski definition) is 3. The summed E-state index contributed by atoms with van der Waals surface area (Å²) in [6.45, 7) is 2.83. The van der Waals surface area contributed by atoms with Crippen LogP contribution in [-0.2, 0) is 16.1 Å². The molecule has 1 aliphatic rings. The molecule has 2 amide bonds. The van der Waals surface area contributed by atoms with Crippen LogP contribution in [0.3, 0.4) is 0 Å². The first kappa shape index (κ1) is 17.0. The highest BCUT2D eigenvalue weighted by Gasteiger charge is 2.24. The van der Waals surface area contributed by atoms with Crippen LogP contribution < -0.4 is 15.4 Å². The summed E-state index contributed by atoms with van der Waals surface area (Å²) in [6, 6.07) is 15.5. The summed E-state index contributed by atoms with van der Waals surface area (Å²) < 4.78 is 5.95. The van der Waals surface area contributed by atoms with E-state index in [-0.39, 0.29) is 17.7 Å². The second kappa shape index (κ2) is 7.83. The van der Waals surface area contributed by atoms with Crippen molar-refractivity contribution in [1.82, 2.24) is 10.6 Å². The average Bonchev–Trinajstić information content (AvgIpc) is 2.63. The first-order chi connectivity index (χ1) is 12.1. The van der Waals surface area contributed by atoms with Gasteiger partial charge in [0.2, 0.25) is 11.8 Å². The molecule has 1 saturated heterocycles. The Kier molecular flexibility index (Phi) is 5.33. The van der Waals surface area contributed by atoms with E-state index >= 15 is 0 Å². The fourth-order valence-electron chi connectivity index (χ4n) is 2.77. The molecule has 1 heterocycles. The number of carbonyl (C=O) groups excluding carboxylic acids is 2. The smallest absolute Gasteiger partial charge is 0.225 e. The molecule has 0 unspecified atom stereocenters. The highest BCUT2D eigenvalue weighted by Crippen LogP contribution is 2.25. The lowest BCUT2D eigenvalue weighted by atomic mass is 9.98. The van der Waals surface area contributed by atoms with Crippen molar-refractivity contribution in [2.45, 2.75) is 26.3 Å². The van der Waals surface area contributed by atoms with Gasteiger partial charge in [0.1, 0.15) is 11.5 Å². The van der Waals surface area contributed by atoms with Gasteiger partial charge in [-0.15, -0.1) is 0 Å². The Labute approximate surface area is 147 Å². The van der Waals surface area contributed by atoms with Gasteiger partial charge in [0.15, 0.2) is 0 Å². The van der Waals surface area contributed by atoms with E-state index < -0.39 is 0 Å². The fourth-order valence-corrected chi connectivity index (χ4v) is 2.77. The Bertz CT molecular complexity index is 746. The van der Waals surface area contributed by atoms with E-state index in [1.165, 1.54) is 5.56 Å². The molecule has 0 aliphatic carbocycles. The zero-order valence-electron chi connectivity index (χ0n) is 14.2. The van der Waals surface area contributed by atoms with Crippen molar-refractivity contribution in [3.63, 3.8) is 0 Å². The Morgan fingerprint density at radius 2 is 1.96 bits per heavy atom. The molecule has 3 rings (SSSR count). The minimum atomic E-state index is -0.164. The van der Waals surface area contributed by atoms with E-state index in [1.807, 2.05) is 55.5 Å². The summed E-state index contributed by atoms with van der Waals surface area (Å²) >= 11 is 0. The number of para-hydroxylation sites is 1. The first-order valence-electron chi connectivity index (χ1n) is 8.48. The van der Waals surface area contributed by atoms with Crippen molar-refractivity contribution in [2.75, 3.05) is 6.54 Å². The lowest BCUT2D eigenvalue weighted by Crippen LogP contribution is -2.42. The SMILES string of the molecule is Cc1ccc(Oc2ccccc2CNC(=O)[C@H]2CCC(=O)NC2)cc1. The Morgan fingerprint density at radius 3 is 2.68 bits per heavy atom. The molecule has 2 aromatic carbocycles. The average molecular weight is 338 g/mol. The van der Waals surface area contributed by atoms with Crippen molar-refractivity contribution >= 4 is 11.8 Å². The number of piperidine rings is 1. The zero-order chi connectivity index (χ0) is 17.6. The molecule has 2 aromatic rings. The third-order valence-corrected chi connectivity index (χ3v) is 4.31. The summed E-state index contributed by atoms with van der Waals surface area (Å²) in [5.74, 6) is 1.30. The number of hydrogen-bond donors (Lipinski definition) is 2. The van der Waals surface area contributed by atoms with Crippen LogP contribution in [-0.4, -0.2) is 18.4 Å². The summed E-state index contributed by atoms with van der Waals surface area (Å²) in [7, 11) is 0. The lowest BCUT2D eigenvalue weighted by molar-refractivity contribution is -0.129. The summed E-state index contributed by atoms with van der Waals surface area (Å²) in [6.07, 6.45) is 1.00. The molecular formula is C20H22N2O3. The topological polar surface area (TPSA) is 67.4 Å². The van der Waals surface area contributed by atoms with Gasteiger partial charge in [-0.05, 0) is 31.5 Å². The zero-order valence-corrected chi connectivity index (χ0v) is 14.2. The molecule has 0 bridgehead atoms. The molecule has 1 aliphatic heterocycles. The van der Waals surface area contributed by atoms with E-state index in [9.17, 15) is 9.59 Å². The molecule has 25 heavy (non-hydrogen) atoms. The van der Waals surface area contributed by atoms with E-state index in [0.717, 1.165) is 17.1 Å². The van der Waals surface area contributed by atoms with Gasteiger partial charge in [-0.1, -0.05) is 35.9 Å². The standard InChI is InChI=1S/C20H22N2O3/c1-14-6-9-17(10-7-14)25-18-5-3-2-4-15(18)12-22-20(24)16-8-11-19(23)21-13-16/h2-7,9-10,16H,8,11-13H2,1H3,(H,21,23)(H,22,24)/t16-/m0/s1. The molecular weight excluding hydrogens is 316 g/mol. The van der Waals surface area contributed by atoms with Crippen LogP contribution in [0.25, 0.3) is 0 Å². The van der Waals surface area contributed by atoms with Crippen LogP contribution in [0.2, 0.25) is 0 Å². The normalized spacial score (nSPS) is 16.8. The van der Waals surface area contributed by atoms with E-state index in [0.29, 0.717) is 25.9 Å². The van der Waals surface area contributed by atoms with Crippen LogP contribution in [0.5, 0.6) is 11.5 Å². The van der Waals surface area contributed by atoms with Crippen molar-refractivity contribution in [3.8, 4) is 11.5 Å². The van der Waals surface area contributed by atoms with Crippen LogP contribution in [0.15, 0.2) is 48.5 Å². The maximum Gasteiger partial charge on any atom is 0.225 e. The van der Waals surface area contributed by atoms with E-state index in [2.05, 4.69) is 10.6 Å². The number of ether oxygens (including phenoxy) is 1. The molecule has 1 atom stereocenters. The van der Waals surface area contributed by atoms with Crippen molar-refractivity contribution < 1.29 is 14.3 Å². The molecule has 0 spiro atoms. The number of rotatable bonds is 5. The van der Waals surface area contributed by atoms with Gasteiger partial charge in [-0.3, -0.25) is 9.59 Å². The summed E-state index contributed by atoms with van der Waals surface area (Å²) in [4.78, 5) is 23.5. The van der Waals surface area contributed by atoms with Gasteiger partial charge in [0.25, 0.3) is 0 Å². The highest BCUT2D eigenvalue weighted by atomic mass is 16.5. The molecule has 5 heteroatoms. The van der Waals surface area contributed by atoms with Crippen LogP contribution in [0, 0.1) is 12.8 Å². The third kappa shape index (κ3) is 4.59. The van der Waals surface area contributed by atoms with Gasteiger partial charge in [-0.25, -0.2) is 0 Å². The maximum atomic E-state index is 12.3. The summed E-state index contributed by atoms with van der Waals surface area (Å²) in [5, 5.41) is 5.68. The van der Waals surface area contributed by atoms with Gasteiger partial charge in [-0.2, -0.15) is 0 Å². The minimum Gasteiger partial charge on any atom is -0.457 e. The maximum absolute atomic E-state index is 12.3. The first-order valence-corrected chi connectivity index (χ1v) is 8.48. The second-order valence-corrected chi connectivity index (χ2v) is 6.28. The van der Waals surface area contributed by atoms with Gasteiger partial charge in [0.05, 0.1) is 5.92 Å². The molecule has 1 fully saturated rings. The number of nitrogens with one attached hydrogen (secondary N) is 2. The lowest BCUT2D eigenvalue weighted by Gasteiger charge is -2.21. The molecule has 5 nitrogen and oxygen atoms in total. The Balaban J connectivity index is 1.61. The number of aryl methyl sites for hydroxylation is 1. The van der Waals surface area contributed by atoms with Crippen molar-refractivity contribution in [1.29, 1.82) is 0 Å². The van der Waals surface area contributed by atoms with Crippen LogP contribution in [0.4, 0.5) is 0 Å². The highest BCUT2D eigenvalue weighted by molar-refractivity contribution is 5.83. The van der Waals surface area contributed by atoms with Gasteiger partial charge >= 0.3 is 0 Å². The predicted molar refractivity (Wildman–Crippen MR) is 95.3 cm³/mol. The molecule has 130 valence electrons. The van der Waals surface area contributed by atoms with Gasteiger partial charge < -0.3 is 15.4 Å². The molecule has 0 aromatic heterocycles. The second-order valence-electron chi connectivity index (χ2n) is 6.28. The largest absolute Gasteiger partial charge is 0.457 e. The van der Waals surface area contributed by atoms with E-state index in [4.69, 9.17) is 4.74 Å².